The van der Waals surface area contributed by atoms with E-state index in [1.165, 1.54) is 0 Å². The van der Waals surface area contributed by atoms with E-state index in [1.54, 1.807) is 5.48 Å². The van der Waals surface area contributed by atoms with Crippen LogP contribution in [0.2, 0.25) is 0 Å². The van der Waals surface area contributed by atoms with E-state index in [0.717, 1.165) is 63.3 Å². The molecule has 1 aliphatic heterocycles. The Kier molecular flexibility index (Phi) is 9.08. The van der Waals surface area contributed by atoms with Gasteiger partial charge in [0.25, 0.3) is 0 Å². The third-order valence-electron chi connectivity index (χ3n) is 7.13. The SMILES string of the molecule is CCCCC(CC(=O)NO)C(=O)N1CC2(CC2)CC1/C(=N/c1ccccc1)N(C)CCN(C)C. The number of likely N-dealkylation sites (tertiary alicyclic amines) is 1. The molecular formula is C26H41N5O3. The lowest BCUT2D eigenvalue weighted by Crippen LogP contribution is -2.49. The highest BCUT2D eigenvalue weighted by molar-refractivity contribution is 5.95. The lowest BCUT2D eigenvalue weighted by atomic mass is 9.96. The van der Waals surface area contributed by atoms with E-state index in [4.69, 9.17) is 10.2 Å². The molecule has 2 amide bonds. The van der Waals surface area contributed by atoms with Crippen LogP contribution in [-0.2, 0) is 9.59 Å². The van der Waals surface area contributed by atoms with Gasteiger partial charge in [0.15, 0.2) is 0 Å². The molecule has 0 aromatic heterocycles. The van der Waals surface area contributed by atoms with E-state index in [2.05, 4.69) is 37.9 Å². The molecule has 2 atom stereocenters. The van der Waals surface area contributed by atoms with Crippen LogP contribution in [0.15, 0.2) is 35.3 Å². The van der Waals surface area contributed by atoms with E-state index >= 15 is 0 Å². The number of aliphatic imine (C=N–C) groups is 1. The number of hydroxylamine groups is 1. The molecule has 1 heterocycles. The molecule has 1 spiro atoms. The van der Waals surface area contributed by atoms with E-state index < -0.39 is 11.8 Å². The number of unbranched alkanes of at least 4 members (excludes halogenated alkanes) is 1. The van der Waals surface area contributed by atoms with Crippen molar-refractivity contribution < 1.29 is 14.8 Å². The highest BCUT2D eigenvalue weighted by Gasteiger charge is 2.55. The van der Waals surface area contributed by atoms with Crippen molar-refractivity contribution in [3.63, 3.8) is 0 Å². The van der Waals surface area contributed by atoms with Gasteiger partial charge in [-0.15, -0.1) is 0 Å². The van der Waals surface area contributed by atoms with Gasteiger partial charge in [0.2, 0.25) is 11.8 Å². The number of carbonyl (C=O) groups is 2. The number of hydrogen-bond donors (Lipinski definition) is 2. The third kappa shape index (κ3) is 6.79. The molecule has 0 radical (unpaired) electrons. The number of amidine groups is 1. The largest absolute Gasteiger partial charge is 0.360 e. The van der Waals surface area contributed by atoms with Crippen molar-refractivity contribution in [1.82, 2.24) is 20.2 Å². The lowest BCUT2D eigenvalue weighted by Gasteiger charge is -2.34. The summed E-state index contributed by atoms with van der Waals surface area (Å²) in [4.78, 5) is 37.2. The number of amides is 2. The molecule has 2 aliphatic rings. The average molecular weight is 472 g/mol. The van der Waals surface area contributed by atoms with Crippen molar-refractivity contribution in [2.75, 3.05) is 40.8 Å². The monoisotopic (exact) mass is 471 g/mol. The zero-order valence-electron chi connectivity index (χ0n) is 21.2. The Hall–Kier alpha value is -2.45. The Bertz CT molecular complexity index is 853. The maximum absolute atomic E-state index is 13.9. The number of rotatable bonds is 11. The topological polar surface area (TPSA) is 88.5 Å². The Labute approximate surface area is 204 Å². The van der Waals surface area contributed by atoms with Crippen molar-refractivity contribution in [3.05, 3.63) is 30.3 Å². The maximum atomic E-state index is 13.9. The van der Waals surface area contributed by atoms with Crippen LogP contribution < -0.4 is 5.48 Å². The van der Waals surface area contributed by atoms with Crippen LogP contribution in [0.1, 0.15) is 51.9 Å². The van der Waals surface area contributed by atoms with Crippen LogP contribution in [0.4, 0.5) is 5.69 Å². The molecule has 1 saturated heterocycles. The predicted molar refractivity (Wildman–Crippen MR) is 134 cm³/mol. The second-order valence-corrected chi connectivity index (χ2v) is 10.3. The van der Waals surface area contributed by atoms with Crippen LogP contribution in [-0.4, -0.2) is 84.4 Å². The number of para-hydroxylation sites is 1. The van der Waals surface area contributed by atoms with E-state index in [-0.39, 0.29) is 23.8 Å². The van der Waals surface area contributed by atoms with Crippen LogP contribution in [0.3, 0.4) is 0 Å². The summed E-state index contributed by atoms with van der Waals surface area (Å²) in [5.41, 5.74) is 2.76. The van der Waals surface area contributed by atoms with Gasteiger partial charge in [-0.05, 0) is 57.3 Å². The molecule has 1 aromatic carbocycles. The minimum Gasteiger partial charge on any atom is -0.360 e. The quantitative estimate of drug-likeness (QED) is 0.224. The normalized spacial score (nSPS) is 20.0. The lowest BCUT2D eigenvalue weighted by molar-refractivity contribution is -0.140. The summed E-state index contributed by atoms with van der Waals surface area (Å²) in [6.07, 6.45) is 5.63. The molecule has 8 heteroatoms. The molecule has 188 valence electrons. The summed E-state index contributed by atoms with van der Waals surface area (Å²) in [7, 11) is 6.16. The Morgan fingerprint density at radius 1 is 1.21 bits per heavy atom. The number of carbonyl (C=O) groups excluding carboxylic acids is 2. The summed E-state index contributed by atoms with van der Waals surface area (Å²) < 4.78 is 0. The Morgan fingerprint density at radius 2 is 1.91 bits per heavy atom. The van der Waals surface area contributed by atoms with Crippen molar-refractivity contribution in [1.29, 1.82) is 0 Å². The minimum atomic E-state index is -0.507. The second kappa shape index (κ2) is 11.8. The van der Waals surface area contributed by atoms with Gasteiger partial charge in [-0.25, -0.2) is 10.5 Å². The molecule has 2 N–H and O–H groups in total. The first kappa shape index (κ1) is 26.2. The number of hydrogen-bond acceptors (Lipinski definition) is 5. The molecule has 1 saturated carbocycles. The summed E-state index contributed by atoms with van der Waals surface area (Å²) in [6.45, 7) is 4.48. The molecule has 0 bridgehead atoms. The van der Waals surface area contributed by atoms with Crippen LogP contribution in [0, 0.1) is 11.3 Å². The Morgan fingerprint density at radius 3 is 2.50 bits per heavy atom. The van der Waals surface area contributed by atoms with Gasteiger partial charge >= 0.3 is 0 Å². The van der Waals surface area contributed by atoms with Gasteiger partial charge in [0.05, 0.1) is 11.7 Å². The van der Waals surface area contributed by atoms with Gasteiger partial charge < -0.3 is 14.7 Å². The van der Waals surface area contributed by atoms with Crippen LogP contribution >= 0.6 is 0 Å². The van der Waals surface area contributed by atoms with Gasteiger partial charge in [-0.3, -0.25) is 14.8 Å². The van der Waals surface area contributed by atoms with E-state index in [9.17, 15) is 9.59 Å². The summed E-state index contributed by atoms with van der Waals surface area (Å²) in [5.74, 6) is -0.0280. The van der Waals surface area contributed by atoms with Gasteiger partial charge in [0, 0.05) is 39.0 Å². The molecular weight excluding hydrogens is 430 g/mol. The van der Waals surface area contributed by atoms with Gasteiger partial charge in [0.1, 0.15) is 5.84 Å². The van der Waals surface area contributed by atoms with Crippen molar-refractivity contribution in [3.8, 4) is 0 Å². The summed E-state index contributed by atoms with van der Waals surface area (Å²) in [6, 6.07) is 9.79. The zero-order chi connectivity index (χ0) is 24.7. The molecule has 34 heavy (non-hydrogen) atoms. The highest BCUT2D eigenvalue weighted by atomic mass is 16.5. The fourth-order valence-corrected chi connectivity index (χ4v) is 4.84. The number of likely N-dealkylation sites (N-methyl/N-ethyl adjacent to an activating group) is 2. The number of benzene rings is 1. The molecule has 8 nitrogen and oxygen atoms in total. The standard InChI is InChI=1S/C26H41N5O3/c1-5-6-10-20(17-23(32)28-34)25(33)31-19-26(13-14-26)18-22(31)24(30(4)16-15-29(2)3)27-21-11-8-7-9-12-21/h7-9,11-12,20,22,34H,5-6,10,13-19H2,1-4H3,(H,28,32)/b27-24-. The van der Waals surface area contributed by atoms with Crippen molar-refractivity contribution in [2.45, 2.75) is 57.9 Å². The molecule has 1 aliphatic carbocycles. The average Bonchev–Trinajstić information content (AvgIpc) is 3.48. The van der Waals surface area contributed by atoms with E-state index in [0.29, 0.717) is 6.42 Å². The summed E-state index contributed by atoms with van der Waals surface area (Å²) in [5, 5.41) is 9.08. The van der Waals surface area contributed by atoms with Crippen LogP contribution in [0.25, 0.3) is 0 Å². The zero-order valence-corrected chi connectivity index (χ0v) is 21.2. The fourth-order valence-electron chi connectivity index (χ4n) is 4.84. The Balaban J connectivity index is 1.92. The van der Waals surface area contributed by atoms with Crippen molar-refractivity contribution in [2.24, 2.45) is 16.3 Å². The van der Waals surface area contributed by atoms with Gasteiger partial charge in [-0.1, -0.05) is 38.0 Å². The first-order valence-corrected chi connectivity index (χ1v) is 12.5. The maximum Gasteiger partial charge on any atom is 0.244 e. The third-order valence-corrected chi connectivity index (χ3v) is 7.13. The molecule has 2 fully saturated rings. The van der Waals surface area contributed by atoms with Gasteiger partial charge in [-0.2, -0.15) is 0 Å². The molecule has 3 rings (SSSR count). The molecule has 1 aromatic rings. The van der Waals surface area contributed by atoms with E-state index in [1.807, 2.05) is 35.2 Å². The first-order valence-electron chi connectivity index (χ1n) is 12.5. The smallest absolute Gasteiger partial charge is 0.244 e. The van der Waals surface area contributed by atoms with Crippen LogP contribution in [0.5, 0.6) is 0 Å². The number of nitrogens with one attached hydrogen (secondary N) is 1. The second-order valence-electron chi connectivity index (χ2n) is 10.3. The summed E-state index contributed by atoms with van der Waals surface area (Å²) >= 11 is 0. The first-order chi connectivity index (χ1) is 16.3. The van der Waals surface area contributed by atoms with Crippen molar-refractivity contribution >= 4 is 23.3 Å². The highest BCUT2D eigenvalue weighted by Crippen LogP contribution is 2.55. The predicted octanol–water partition coefficient (Wildman–Crippen LogP) is 3.29. The fraction of sp³-hybridized carbons (Fsp3) is 0.654. The molecule has 2 unspecified atom stereocenters. The minimum absolute atomic E-state index is 0.00703. The number of nitrogens with zero attached hydrogens (tertiary/aromatic N) is 4.